The van der Waals surface area contributed by atoms with E-state index in [4.69, 9.17) is 16.3 Å². The molecule has 0 N–H and O–H groups in total. The fourth-order valence-corrected chi connectivity index (χ4v) is 2.91. The summed E-state index contributed by atoms with van der Waals surface area (Å²) in [5, 5.41) is 3.23. The zero-order chi connectivity index (χ0) is 12.3. The molecule has 0 aliphatic rings. The van der Waals surface area contributed by atoms with Gasteiger partial charge in [0, 0.05) is 37.0 Å². The van der Waals surface area contributed by atoms with Crippen LogP contribution in [0.15, 0.2) is 23.7 Å². The summed E-state index contributed by atoms with van der Waals surface area (Å²) >= 11 is 7.88. The first-order valence-corrected chi connectivity index (χ1v) is 6.70. The number of pyridine rings is 1. The van der Waals surface area contributed by atoms with Gasteiger partial charge in [-0.25, -0.2) is 4.98 Å². The highest BCUT2D eigenvalue weighted by Gasteiger charge is 2.12. The second-order valence-electron chi connectivity index (χ2n) is 3.90. The summed E-state index contributed by atoms with van der Waals surface area (Å²) in [4.78, 5) is 6.50. The van der Waals surface area contributed by atoms with Crippen LogP contribution in [0.3, 0.4) is 0 Å². The lowest BCUT2D eigenvalue weighted by Gasteiger charge is -2.21. The number of aromatic nitrogens is 1. The monoisotopic (exact) mass is 270 g/mol. The quantitative estimate of drug-likeness (QED) is 0.781. The zero-order valence-corrected chi connectivity index (χ0v) is 11.5. The van der Waals surface area contributed by atoms with Crippen LogP contribution in [0.5, 0.6) is 0 Å². The van der Waals surface area contributed by atoms with Gasteiger partial charge in [-0.2, -0.15) is 0 Å². The van der Waals surface area contributed by atoms with E-state index in [1.807, 2.05) is 19.3 Å². The Hall–Kier alpha value is -0.840. The third kappa shape index (κ3) is 2.89. The summed E-state index contributed by atoms with van der Waals surface area (Å²) in [5.74, 6) is 0.977. The Morgan fingerprint density at radius 3 is 3.12 bits per heavy atom. The molecular formula is C12H15ClN2OS. The van der Waals surface area contributed by atoms with Crippen LogP contribution < -0.4 is 4.90 Å². The van der Waals surface area contributed by atoms with Crippen LogP contribution >= 0.6 is 22.9 Å². The summed E-state index contributed by atoms with van der Waals surface area (Å²) < 4.78 is 6.29. The Morgan fingerprint density at radius 1 is 1.53 bits per heavy atom. The van der Waals surface area contributed by atoms with Gasteiger partial charge in [0.2, 0.25) is 0 Å². The fraction of sp³-hybridized carbons (Fsp3) is 0.417. The fourth-order valence-electron chi connectivity index (χ4n) is 1.80. The maximum Gasteiger partial charge on any atom is 0.137 e. The van der Waals surface area contributed by atoms with E-state index in [-0.39, 0.29) is 5.38 Å². The van der Waals surface area contributed by atoms with E-state index in [9.17, 15) is 0 Å². The number of alkyl halides is 1. The van der Waals surface area contributed by atoms with Gasteiger partial charge in [0.25, 0.3) is 0 Å². The van der Waals surface area contributed by atoms with Crippen LogP contribution in [0, 0.1) is 0 Å². The first-order valence-electron chi connectivity index (χ1n) is 5.38. The highest BCUT2D eigenvalue weighted by atomic mass is 35.5. The van der Waals surface area contributed by atoms with Gasteiger partial charge in [-0.15, -0.1) is 22.9 Å². The van der Waals surface area contributed by atoms with Gasteiger partial charge in [-0.3, -0.25) is 0 Å². The van der Waals surface area contributed by atoms with Crippen LogP contribution in [0.1, 0.15) is 0 Å². The van der Waals surface area contributed by atoms with Gasteiger partial charge in [0.15, 0.2) is 0 Å². The molecular weight excluding hydrogens is 256 g/mol. The van der Waals surface area contributed by atoms with Gasteiger partial charge in [0.05, 0.1) is 12.0 Å². The predicted octanol–water partition coefficient (Wildman–Crippen LogP) is 2.99. The van der Waals surface area contributed by atoms with Crippen molar-refractivity contribution in [2.24, 2.45) is 0 Å². The molecule has 0 bridgehead atoms. The molecule has 0 radical (unpaired) electrons. The van der Waals surface area contributed by atoms with Crippen molar-refractivity contribution in [1.82, 2.24) is 4.98 Å². The zero-order valence-electron chi connectivity index (χ0n) is 9.89. The summed E-state index contributed by atoms with van der Waals surface area (Å²) in [6.07, 6.45) is 1.84. The molecule has 2 heterocycles. The summed E-state index contributed by atoms with van der Waals surface area (Å²) in [6.45, 7) is 1.27. The van der Waals surface area contributed by atoms with E-state index >= 15 is 0 Å². The lowest BCUT2D eigenvalue weighted by Crippen LogP contribution is -2.29. The number of anilines is 1. The van der Waals surface area contributed by atoms with Crippen molar-refractivity contribution in [2.45, 2.75) is 5.38 Å². The lowest BCUT2D eigenvalue weighted by molar-refractivity contribution is 0.199. The molecule has 5 heteroatoms. The largest absolute Gasteiger partial charge is 0.383 e. The minimum Gasteiger partial charge on any atom is -0.383 e. The van der Waals surface area contributed by atoms with Gasteiger partial charge in [-0.05, 0) is 17.5 Å². The molecule has 2 aromatic heterocycles. The highest BCUT2D eigenvalue weighted by Crippen LogP contribution is 2.27. The number of fused-ring (bicyclic) bond motifs is 1. The molecule has 0 aliphatic heterocycles. The van der Waals surface area contributed by atoms with Gasteiger partial charge in [0.1, 0.15) is 5.82 Å². The minimum atomic E-state index is -0.0271. The molecule has 2 rings (SSSR count). The molecule has 3 nitrogen and oxygen atoms in total. The smallest absolute Gasteiger partial charge is 0.137 e. The average Bonchev–Trinajstić information content (AvgIpc) is 2.76. The number of hydrogen-bond acceptors (Lipinski definition) is 4. The Morgan fingerprint density at radius 2 is 2.35 bits per heavy atom. The van der Waals surface area contributed by atoms with Gasteiger partial charge < -0.3 is 9.64 Å². The normalized spacial score (nSPS) is 12.9. The van der Waals surface area contributed by atoms with E-state index in [1.54, 1.807) is 18.4 Å². The summed E-state index contributed by atoms with van der Waals surface area (Å²) in [5.41, 5.74) is 0. The van der Waals surface area contributed by atoms with Crippen LogP contribution in [0.2, 0.25) is 0 Å². The van der Waals surface area contributed by atoms with Crippen LogP contribution in [-0.4, -0.2) is 37.7 Å². The Balaban J connectivity index is 2.18. The third-order valence-corrected chi connectivity index (χ3v) is 3.69. The first-order chi connectivity index (χ1) is 8.22. The molecule has 0 saturated carbocycles. The Kier molecular flexibility index (Phi) is 4.20. The third-order valence-electron chi connectivity index (χ3n) is 2.54. The Bertz CT molecular complexity index is 488. The second-order valence-corrected chi connectivity index (χ2v) is 5.47. The van der Waals surface area contributed by atoms with Crippen LogP contribution in [0.25, 0.3) is 10.1 Å². The summed E-state index contributed by atoms with van der Waals surface area (Å²) in [6, 6.07) is 4.13. The molecule has 17 heavy (non-hydrogen) atoms. The van der Waals surface area contributed by atoms with Gasteiger partial charge in [-0.1, -0.05) is 0 Å². The SMILES string of the molecule is COCC(Cl)CN(C)c1nccc2sccc12. The molecule has 0 saturated heterocycles. The van der Waals surface area contributed by atoms with E-state index in [0.717, 1.165) is 12.4 Å². The van der Waals surface area contributed by atoms with E-state index < -0.39 is 0 Å². The standard InChI is InChI=1S/C12H15ClN2OS/c1-15(7-9(13)8-16-2)12-10-4-6-17-11(10)3-5-14-12/h3-6,9H,7-8H2,1-2H3. The number of nitrogens with zero attached hydrogens (tertiary/aromatic N) is 2. The molecule has 0 aromatic carbocycles. The van der Waals surface area contributed by atoms with Crippen molar-refractivity contribution in [3.05, 3.63) is 23.7 Å². The molecule has 0 spiro atoms. The molecule has 0 fully saturated rings. The second kappa shape index (κ2) is 5.67. The van der Waals surface area contributed by atoms with Crippen LogP contribution in [0.4, 0.5) is 5.82 Å². The van der Waals surface area contributed by atoms with E-state index in [1.165, 1.54) is 10.1 Å². The Labute approximate surface area is 110 Å². The average molecular weight is 271 g/mol. The number of thiophene rings is 1. The number of rotatable bonds is 5. The molecule has 2 aromatic rings. The maximum atomic E-state index is 6.16. The topological polar surface area (TPSA) is 25.4 Å². The predicted molar refractivity (Wildman–Crippen MR) is 74.4 cm³/mol. The van der Waals surface area contributed by atoms with Crippen molar-refractivity contribution in [2.75, 3.05) is 32.2 Å². The summed E-state index contributed by atoms with van der Waals surface area (Å²) in [7, 11) is 3.66. The number of ether oxygens (including phenoxy) is 1. The van der Waals surface area contributed by atoms with Crippen molar-refractivity contribution in [3.8, 4) is 0 Å². The van der Waals surface area contributed by atoms with Crippen LogP contribution in [-0.2, 0) is 4.74 Å². The number of halogens is 1. The van der Waals surface area contributed by atoms with Crippen molar-refractivity contribution in [3.63, 3.8) is 0 Å². The molecule has 92 valence electrons. The van der Waals surface area contributed by atoms with Crippen molar-refractivity contribution >= 4 is 38.8 Å². The minimum absolute atomic E-state index is 0.0271. The highest BCUT2D eigenvalue weighted by molar-refractivity contribution is 7.17. The molecule has 0 amide bonds. The molecule has 1 atom stereocenters. The van der Waals surface area contributed by atoms with Crippen molar-refractivity contribution in [1.29, 1.82) is 0 Å². The molecule has 0 aliphatic carbocycles. The lowest BCUT2D eigenvalue weighted by atomic mass is 10.3. The van der Waals surface area contributed by atoms with E-state index in [2.05, 4.69) is 21.3 Å². The number of methoxy groups -OCH3 is 1. The maximum absolute atomic E-state index is 6.16. The van der Waals surface area contributed by atoms with Crippen molar-refractivity contribution < 1.29 is 4.74 Å². The van der Waals surface area contributed by atoms with E-state index in [0.29, 0.717) is 6.61 Å². The first kappa shape index (κ1) is 12.6. The number of hydrogen-bond donors (Lipinski definition) is 0. The van der Waals surface area contributed by atoms with Gasteiger partial charge >= 0.3 is 0 Å². The molecule has 1 unspecified atom stereocenters.